The fourth-order valence-corrected chi connectivity index (χ4v) is 2.34. The lowest BCUT2D eigenvalue weighted by Gasteiger charge is -2.41. The fourth-order valence-electron chi connectivity index (χ4n) is 2.34. The van der Waals surface area contributed by atoms with Gasteiger partial charge < -0.3 is 42.3 Å². The number of carbonyl (C=O) groups excluding carboxylic acids is 2. The lowest BCUT2D eigenvalue weighted by atomic mass is 9.80. The second-order valence-corrected chi connectivity index (χ2v) is 5.66. The lowest BCUT2D eigenvalue weighted by molar-refractivity contribution is -0.315. The highest BCUT2D eigenvalue weighted by molar-refractivity contribution is 5.90. The molecule has 1 atom stereocenters. The molecule has 0 aliphatic carbocycles. The van der Waals surface area contributed by atoms with Crippen molar-refractivity contribution in [3.63, 3.8) is 0 Å². The number of rotatable bonds is 11. The summed E-state index contributed by atoms with van der Waals surface area (Å²) in [5.41, 5.74) is 8.13. The van der Waals surface area contributed by atoms with Crippen LogP contribution < -0.4 is 16.8 Å². The summed E-state index contributed by atoms with van der Waals surface area (Å²) in [6.07, 6.45) is 0.0515. The van der Waals surface area contributed by atoms with Crippen molar-refractivity contribution in [2.75, 3.05) is 0 Å². The third-order valence-corrected chi connectivity index (χ3v) is 3.63. The number of aliphatic hydroxyl groups is 5. The fraction of sp³-hybridized carbons (Fsp3) is 0.846. The molecule has 1 unspecified atom stereocenters. The van der Waals surface area contributed by atoms with Gasteiger partial charge in [-0.2, -0.15) is 0 Å². The SMILES string of the molecule is CCCCC(NC(N)=O)(C(N)=O)C(O)(O)CCCCC(O)(O)O. The first-order valence-corrected chi connectivity index (χ1v) is 7.37. The smallest absolute Gasteiger partial charge is 0.313 e. The van der Waals surface area contributed by atoms with Crippen molar-refractivity contribution in [1.29, 1.82) is 0 Å². The number of hydrogen-bond acceptors (Lipinski definition) is 7. The first kappa shape index (κ1) is 21.5. The Bertz CT molecular complexity index is 409. The second-order valence-electron chi connectivity index (χ2n) is 5.66. The van der Waals surface area contributed by atoms with Crippen molar-refractivity contribution in [2.45, 2.75) is 69.2 Å². The van der Waals surface area contributed by atoms with Crippen LogP contribution in [0.4, 0.5) is 4.79 Å². The zero-order valence-corrected chi connectivity index (χ0v) is 13.2. The minimum absolute atomic E-state index is 0.0119. The van der Waals surface area contributed by atoms with Crippen molar-refractivity contribution >= 4 is 11.9 Å². The number of amides is 3. The number of nitrogens with one attached hydrogen (secondary N) is 1. The van der Waals surface area contributed by atoms with E-state index in [1.54, 1.807) is 6.92 Å². The molecule has 0 aliphatic rings. The van der Waals surface area contributed by atoms with Crippen molar-refractivity contribution in [1.82, 2.24) is 5.32 Å². The van der Waals surface area contributed by atoms with E-state index in [1.165, 1.54) is 0 Å². The molecule has 10 N–H and O–H groups in total. The molecule has 0 heterocycles. The normalized spacial score (nSPS) is 15.0. The van der Waals surface area contributed by atoms with Crippen molar-refractivity contribution in [2.24, 2.45) is 11.5 Å². The predicted molar refractivity (Wildman–Crippen MR) is 79.2 cm³/mol. The topological polar surface area (TPSA) is 199 Å². The van der Waals surface area contributed by atoms with Crippen LogP contribution in [0, 0.1) is 0 Å². The Kier molecular flexibility index (Phi) is 7.87. The molecule has 0 radical (unpaired) electrons. The summed E-state index contributed by atoms with van der Waals surface area (Å²) in [5.74, 6) is -6.69. The summed E-state index contributed by atoms with van der Waals surface area (Å²) in [6, 6.07) is -1.13. The Morgan fingerprint density at radius 1 is 0.913 bits per heavy atom. The van der Waals surface area contributed by atoms with Gasteiger partial charge in [-0.25, -0.2) is 4.79 Å². The summed E-state index contributed by atoms with van der Waals surface area (Å²) in [5, 5.41) is 48.9. The Hall–Kier alpha value is -1.46. The van der Waals surface area contributed by atoms with Crippen LogP contribution in [0.1, 0.15) is 51.9 Å². The third-order valence-electron chi connectivity index (χ3n) is 3.63. The molecule has 0 saturated heterocycles. The number of urea groups is 1. The second kappa shape index (κ2) is 8.41. The molecule has 0 spiro atoms. The summed E-state index contributed by atoms with van der Waals surface area (Å²) in [7, 11) is 0. The maximum Gasteiger partial charge on any atom is 0.313 e. The van der Waals surface area contributed by atoms with Crippen LogP contribution in [0.25, 0.3) is 0 Å². The van der Waals surface area contributed by atoms with Gasteiger partial charge in [0.2, 0.25) is 5.91 Å². The Morgan fingerprint density at radius 3 is 1.83 bits per heavy atom. The minimum Gasteiger partial charge on any atom is -0.367 e. The van der Waals surface area contributed by atoms with E-state index in [9.17, 15) is 19.8 Å². The van der Waals surface area contributed by atoms with Crippen LogP contribution in [0.5, 0.6) is 0 Å². The van der Waals surface area contributed by atoms with Gasteiger partial charge in [0.1, 0.15) is 0 Å². The molecule has 0 aromatic heterocycles. The highest BCUT2D eigenvalue weighted by Crippen LogP contribution is 2.31. The van der Waals surface area contributed by atoms with E-state index >= 15 is 0 Å². The van der Waals surface area contributed by atoms with E-state index < -0.39 is 42.1 Å². The summed E-state index contributed by atoms with van der Waals surface area (Å²) in [4.78, 5) is 23.0. The largest absolute Gasteiger partial charge is 0.367 e. The molecule has 0 rings (SSSR count). The first-order chi connectivity index (χ1) is 10.4. The van der Waals surface area contributed by atoms with Crippen molar-refractivity contribution < 1.29 is 35.1 Å². The molecule has 23 heavy (non-hydrogen) atoms. The molecule has 0 aliphatic heterocycles. The standard InChI is InChI=1S/C13H27N3O7/c1-2-3-6-11(9(14)17,16-10(15)18)12(19,20)7-4-5-8-13(21,22)23/h19-23H,2-8H2,1H3,(H2,14,17)(H3,15,16,18). The van der Waals surface area contributed by atoms with E-state index in [2.05, 4.69) is 0 Å². The molecular weight excluding hydrogens is 310 g/mol. The van der Waals surface area contributed by atoms with Gasteiger partial charge in [-0.3, -0.25) is 4.79 Å². The first-order valence-electron chi connectivity index (χ1n) is 7.37. The molecule has 136 valence electrons. The molecule has 3 amide bonds. The van der Waals surface area contributed by atoms with Crippen LogP contribution in [0.3, 0.4) is 0 Å². The van der Waals surface area contributed by atoms with E-state index in [-0.39, 0.29) is 19.3 Å². The Balaban J connectivity index is 5.15. The Morgan fingerprint density at radius 2 is 1.43 bits per heavy atom. The highest BCUT2D eigenvalue weighted by atomic mass is 16.7. The van der Waals surface area contributed by atoms with E-state index in [0.29, 0.717) is 12.8 Å². The number of nitrogens with two attached hydrogens (primary N) is 2. The number of primary amides is 2. The van der Waals surface area contributed by atoms with Gasteiger partial charge in [-0.1, -0.05) is 19.8 Å². The van der Waals surface area contributed by atoms with Crippen LogP contribution in [-0.4, -0.2) is 54.8 Å². The monoisotopic (exact) mass is 337 g/mol. The predicted octanol–water partition coefficient (Wildman–Crippen LogP) is -2.06. The molecule has 0 fully saturated rings. The van der Waals surface area contributed by atoms with Gasteiger partial charge in [0.15, 0.2) is 11.3 Å². The van der Waals surface area contributed by atoms with Crippen LogP contribution >= 0.6 is 0 Å². The molecular formula is C13H27N3O7. The molecule has 10 nitrogen and oxygen atoms in total. The van der Waals surface area contributed by atoms with Crippen LogP contribution in [0.15, 0.2) is 0 Å². The quantitative estimate of drug-likeness (QED) is 0.156. The number of hydrogen-bond donors (Lipinski definition) is 8. The lowest BCUT2D eigenvalue weighted by Crippen LogP contribution is -2.71. The van der Waals surface area contributed by atoms with Gasteiger partial charge in [0.05, 0.1) is 0 Å². The average molecular weight is 337 g/mol. The molecule has 0 saturated carbocycles. The Labute approximate surface area is 134 Å². The summed E-state index contributed by atoms with van der Waals surface area (Å²) in [6.45, 7) is 1.80. The van der Waals surface area contributed by atoms with E-state index in [1.807, 2.05) is 5.32 Å². The summed E-state index contributed by atoms with van der Waals surface area (Å²) < 4.78 is 0. The molecule has 0 aromatic carbocycles. The maximum absolute atomic E-state index is 11.8. The number of unbranched alkanes of at least 4 members (excludes halogenated alkanes) is 2. The minimum atomic E-state index is -2.86. The van der Waals surface area contributed by atoms with Gasteiger partial charge in [0, 0.05) is 12.8 Å². The van der Waals surface area contributed by atoms with Crippen LogP contribution in [0.2, 0.25) is 0 Å². The van der Waals surface area contributed by atoms with Gasteiger partial charge in [-0.15, -0.1) is 0 Å². The average Bonchev–Trinajstić information content (AvgIpc) is 2.37. The summed E-state index contributed by atoms with van der Waals surface area (Å²) >= 11 is 0. The molecule has 10 heteroatoms. The number of carbonyl (C=O) groups is 2. The van der Waals surface area contributed by atoms with E-state index in [4.69, 9.17) is 26.8 Å². The third kappa shape index (κ3) is 6.67. The van der Waals surface area contributed by atoms with Gasteiger partial charge >= 0.3 is 6.03 Å². The van der Waals surface area contributed by atoms with E-state index in [0.717, 1.165) is 0 Å². The van der Waals surface area contributed by atoms with Crippen LogP contribution in [-0.2, 0) is 4.79 Å². The molecule has 0 bridgehead atoms. The van der Waals surface area contributed by atoms with Gasteiger partial charge in [-0.05, 0) is 19.3 Å². The zero-order chi connectivity index (χ0) is 18.3. The molecule has 0 aromatic rings. The van der Waals surface area contributed by atoms with Crippen molar-refractivity contribution in [3.05, 3.63) is 0 Å². The maximum atomic E-state index is 11.8. The van der Waals surface area contributed by atoms with Gasteiger partial charge in [0.25, 0.3) is 5.97 Å². The van der Waals surface area contributed by atoms with Crippen molar-refractivity contribution in [3.8, 4) is 0 Å². The highest BCUT2D eigenvalue weighted by Gasteiger charge is 2.54. The zero-order valence-electron chi connectivity index (χ0n) is 13.2.